The molecule has 1 aromatic heterocycles. The van der Waals surface area contributed by atoms with Crippen molar-refractivity contribution < 1.29 is 0 Å². The second-order valence-electron chi connectivity index (χ2n) is 6.45. The minimum atomic E-state index is 0.779. The van der Waals surface area contributed by atoms with Crippen LogP contribution in [-0.2, 0) is 6.42 Å². The van der Waals surface area contributed by atoms with E-state index in [0.29, 0.717) is 0 Å². The molecule has 1 saturated carbocycles. The van der Waals surface area contributed by atoms with Crippen LogP contribution in [0.15, 0.2) is 12.3 Å². The van der Waals surface area contributed by atoms with Crippen LogP contribution in [0.1, 0.15) is 42.9 Å². The van der Waals surface area contributed by atoms with E-state index in [2.05, 4.69) is 21.3 Å². The molecule has 2 heterocycles. The van der Waals surface area contributed by atoms with Gasteiger partial charge in [-0.25, -0.2) is 0 Å². The predicted molar refractivity (Wildman–Crippen MR) is 77.5 cm³/mol. The molecule has 3 unspecified atom stereocenters. The first-order valence-electron chi connectivity index (χ1n) is 7.76. The third kappa shape index (κ3) is 1.86. The summed E-state index contributed by atoms with van der Waals surface area (Å²) < 4.78 is 0. The molecule has 0 bridgehead atoms. The third-order valence-corrected chi connectivity index (χ3v) is 5.47. The topological polar surface area (TPSA) is 28.2 Å². The van der Waals surface area contributed by atoms with Gasteiger partial charge in [0.1, 0.15) is 0 Å². The number of fused-ring (bicyclic) bond motifs is 3. The third-order valence-electron chi connectivity index (χ3n) is 5.47. The van der Waals surface area contributed by atoms with Crippen molar-refractivity contribution in [2.75, 3.05) is 25.5 Å². The summed E-state index contributed by atoms with van der Waals surface area (Å²) in [6.07, 6.45) is 8.79. The molecule has 1 N–H and O–H groups in total. The quantitative estimate of drug-likeness (QED) is 0.883. The zero-order chi connectivity index (χ0) is 12.8. The van der Waals surface area contributed by atoms with Crippen LogP contribution in [0.3, 0.4) is 0 Å². The van der Waals surface area contributed by atoms with E-state index in [-0.39, 0.29) is 0 Å². The van der Waals surface area contributed by atoms with Gasteiger partial charge in [0.2, 0.25) is 0 Å². The van der Waals surface area contributed by atoms with Crippen molar-refractivity contribution in [1.82, 2.24) is 9.88 Å². The van der Waals surface area contributed by atoms with Gasteiger partial charge in [-0.15, -0.1) is 0 Å². The first-order valence-corrected chi connectivity index (χ1v) is 7.76. The largest absolute Gasteiger partial charge is 0.387 e. The predicted octanol–water partition coefficient (Wildman–Crippen LogP) is 2.64. The summed E-state index contributed by atoms with van der Waals surface area (Å²) in [4.78, 5) is 7.40. The van der Waals surface area contributed by atoms with Crippen molar-refractivity contribution in [2.24, 2.45) is 5.92 Å². The van der Waals surface area contributed by atoms with Gasteiger partial charge >= 0.3 is 0 Å². The van der Waals surface area contributed by atoms with E-state index >= 15 is 0 Å². The summed E-state index contributed by atoms with van der Waals surface area (Å²) in [6.45, 7) is 2.68. The van der Waals surface area contributed by atoms with Gasteiger partial charge in [0, 0.05) is 18.8 Å². The van der Waals surface area contributed by atoms with E-state index < -0.39 is 0 Å². The van der Waals surface area contributed by atoms with Gasteiger partial charge in [0.05, 0.1) is 11.9 Å². The fraction of sp³-hybridized carbons (Fsp3) is 0.688. The average molecular weight is 257 g/mol. The Morgan fingerprint density at radius 2 is 2.11 bits per heavy atom. The van der Waals surface area contributed by atoms with Crippen molar-refractivity contribution in [1.29, 1.82) is 0 Å². The zero-order valence-electron chi connectivity index (χ0n) is 11.7. The fourth-order valence-electron chi connectivity index (χ4n) is 4.49. The standard InChI is InChI=1S/C16H23N3/c1-17-12-8-15-14-9-13(19-4-2-3-5-19)6-11(14)7-16(15)18-10-12/h8,10-11,13-14,17H,2-7,9H2,1H3. The van der Waals surface area contributed by atoms with E-state index in [4.69, 9.17) is 0 Å². The summed E-state index contributed by atoms with van der Waals surface area (Å²) >= 11 is 0. The maximum absolute atomic E-state index is 4.66. The maximum atomic E-state index is 4.66. The molecule has 1 aliphatic heterocycles. The van der Waals surface area contributed by atoms with Gasteiger partial charge in [-0.2, -0.15) is 0 Å². The van der Waals surface area contributed by atoms with Gasteiger partial charge < -0.3 is 10.2 Å². The second-order valence-corrected chi connectivity index (χ2v) is 6.45. The van der Waals surface area contributed by atoms with Crippen LogP contribution in [-0.4, -0.2) is 36.1 Å². The molecule has 3 atom stereocenters. The van der Waals surface area contributed by atoms with Crippen LogP contribution < -0.4 is 5.32 Å². The molecule has 0 radical (unpaired) electrons. The highest BCUT2D eigenvalue weighted by Gasteiger charge is 2.43. The molecular formula is C16H23N3. The van der Waals surface area contributed by atoms with E-state index in [1.54, 1.807) is 5.56 Å². The molecule has 0 amide bonds. The van der Waals surface area contributed by atoms with Gasteiger partial charge in [-0.1, -0.05) is 0 Å². The number of pyridine rings is 1. The van der Waals surface area contributed by atoms with Crippen molar-refractivity contribution in [3.05, 3.63) is 23.5 Å². The van der Waals surface area contributed by atoms with Crippen LogP contribution in [0.4, 0.5) is 5.69 Å². The van der Waals surface area contributed by atoms with E-state index in [1.807, 2.05) is 13.2 Å². The molecule has 1 saturated heterocycles. The minimum Gasteiger partial charge on any atom is -0.387 e. The number of nitrogens with zero attached hydrogens (tertiary/aromatic N) is 2. The maximum Gasteiger partial charge on any atom is 0.0527 e. The lowest BCUT2D eigenvalue weighted by Crippen LogP contribution is -2.30. The van der Waals surface area contributed by atoms with Crippen LogP contribution in [0, 0.1) is 5.92 Å². The molecule has 3 heteroatoms. The Labute approximate surface area is 115 Å². The molecule has 0 aromatic carbocycles. The Morgan fingerprint density at radius 3 is 2.89 bits per heavy atom. The van der Waals surface area contributed by atoms with Crippen molar-refractivity contribution in [2.45, 2.75) is 44.1 Å². The second kappa shape index (κ2) is 4.48. The van der Waals surface area contributed by atoms with E-state index in [1.165, 1.54) is 56.6 Å². The lowest BCUT2D eigenvalue weighted by atomic mass is 9.96. The van der Waals surface area contributed by atoms with Crippen LogP contribution in [0.25, 0.3) is 0 Å². The fourth-order valence-corrected chi connectivity index (χ4v) is 4.49. The lowest BCUT2D eigenvalue weighted by Gasteiger charge is -2.24. The van der Waals surface area contributed by atoms with Crippen LogP contribution >= 0.6 is 0 Å². The van der Waals surface area contributed by atoms with Gasteiger partial charge in [0.25, 0.3) is 0 Å². The molecule has 3 nitrogen and oxygen atoms in total. The Bertz CT molecular complexity index is 479. The Hall–Kier alpha value is -1.09. The Kier molecular flexibility index (Phi) is 2.76. The molecule has 2 fully saturated rings. The van der Waals surface area contributed by atoms with Gasteiger partial charge in [0.15, 0.2) is 0 Å². The number of rotatable bonds is 2. The number of hydrogen-bond donors (Lipinski definition) is 1. The molecule has 102 valence electrons. The Morgan fingerprint density at radius 1 is 1.26 bits per heavy atom. The number of likely N-dealkylation sites (tertiary alicyclic amines) is 1. The molecule has 0 spiro atoms. The summed E-state index contributed by atoms with van der Waals surface area (Å²) in [5.74, 6) is 1.64. The summed E-state index contributed by atoms with van der Waals surface area (Å²) in [5.41, 5.74) is 4.08. The van der Waals surface area contributed by atoms with E-state index in [9.17, 15) is 0 Å². The number of aromatic nitrogens is 1. The highest BCUT2D eigenvalue weighted by atomic mass is 15.2. The summed E-state index contributed by atoms with van der Waals surface area (Å²) in [7, 11) is 1.98. The monoisotopic (exact) mass is 257 g/mol. The van der Waals surface area contributed by atoms with Gasteiger partial charge in [-0.3, -0.25) is 4.98 Å². The van der Waals surface area contributed by atoms with Crippen LogP contribution in [0.5, 0.6) is 0 Å². The molecule has 2 aliphatic carbocycles. The Balaban J connectivity index is 1.57. The van der Waals surface area contributed by atoms with Crippen molar-refractivity contribution >= 4 is 5.69 Å². The van der Waals surface area contributed by atoms with Crippen molar-refractivity contribution in [3.8, 4) is 0 Å². The highest BCUT2D eigenvalue weighted by Crippen LogP contribution is 2.49. The first kappa shape index (κ1) is 11.7. The average Bonchev–Trinajstić information content (AvgIpc) is 3.12. The molecular weight excluding hydrogens is 234 g/mol. The molecule has 3 aliphatic rings. The smallest absolute Gasteiger partial charge is 0.0527 e. The molecule has 4 rings (SSSR count). The number of nitrogens with one attached hydrogen (secondary N) is 1. The molecule has 1 aromatic rings. The van der Waals surface area contributed by atoms with Crippen molar-refractivity contribution in [3.63, 3.8) is 0 Å². The van der Waals surface area contributed by atoms with Crippen LogP contribution in [0.2, 0.25) is 0 Å². The zero-order valence-corrected chi connectivity index (χ0v) is 11.7. The first-order chi connectivity index (χ1) is 9.35. The minimum absolute atomic E-state index is 0.779. The summed E-state index contributed by atoms with van der Waals surface area (Å²) in [5, 5.41) is 3.23. The SMILES string of the molecule is CNc1cnc2c(c1)C1CC(N3CCCC3)CC1C2. The van der Waals surface area contributed by atoms with Gasteiger partial charge in [-0.05, 0) is 68.7 Å². The number of hydrogen-bond acceptors (Lipinski definition) is 3. The molecule has 19 heavy (non-hydrogen) atoms. The number of anilines is 1. The van der Waals surface area contributed by atoms with E-state index in [0.717, 1.165) is 17.9 Å². The lowest BCUT2D eigenvalue weighted by molar-refractivity contribution is 0.239. The summed E-state index contributed by atoms with van der Waals surface area (Å²) in [6, 6.07) is 3.20. The highest BCUT2D eigenvalue weighted by molar-refractivity contribution is 5.48. The normalized spacial score (nSPS) is 33.4.